The van der Waals surface area contributed by atoms with Gasteiger partial charge in [-0.1, -0.05) is 25.2 Å². The number of carboxylic acids is 1. The maximum absolute atomic E-state index is 13.3. The molecule has 0 aliphatic heterocycles. The molecule has 13 heteroatoms. The number of thiazole rings is 1. The van der Waals surface area contributed by atoms with Crippen molar-refractivity contribution in [2.45, 2.75) is 36.1 Å². The molecule has 0 bridgehead atoms. The second kappa shape index (κ2) is 11.7. The lowest BCUT2D eigenvalue weighted by atomic mass is 10.2. The van der Waals surface area contributed by atoms with E-state index in [0.717, 1.165) is 16.4 Å². The zero-order chi connectivity index (χ0) is 24.7. The number of aromatic amines is 1. The topological polar surface area (TPSA) is 138 Å². The Morgan fingerprint density at radius 1 is 1.29 bits per heavy atom. The number of hydrogen-bond donors (Lipinski definition) is 3. The molecule has 0 aliphatic carbocycles. The molecular weight excluding hydrogens is 485 g/mol. The number of halogens is 1. The van der Waals surface area contributed by atoms with Gasteiger partial charge in [-0.05, 0) is 41.9 Å². The number of H-pyrrole nitrogens is 1. The van der Waals surface area contributed by atoms with Crippen LogP contribution in [-0.4, -0.2) is 44.4 Å². The number of amides is 2. The molecule has 0 atom stereocenters. The summed E-state index contributed by atoms with van der Waals surface area (Å²) in [5.74, 6) is -2.75. The van der Waals surface area contributed by atoms with Gasteiger partial charge in [-0.15, -0.1) is 0 Å². The van der Waals surface area contributed by atoms with Crippen molar-refractivity contribution in [3.8, 4) is 0 Å². The largest absolute Gasteiger partial charge is 0.481 e. The highest BCUT2D eigenvalue weighted by Gasteiger charge is 2.23. The Hall–Kier alpha value is -3.29. The first-order valence-electron chi connectivity index (χ1n) is 10.1. The number of hydrogen-bond acceptors (Lipinski definition) is 8. The number of carbonyl (C=O) groups excluding carboxylic acids is 2. The van der Waals surface area contributed by atoms with Crippen LogP contribution in [0.15, 0.2) is 46.0 Å². The van der Waals surface area contributed by atoms with Crippen molar-refractivity contribution in [2.75, 3.05) is 17.0 Å². The van der Waals surface area contributed by atoms with Crippen molar-refractivity contribution in [3.05, 3.63) is 48.2 Å². The van der Waals surface area contributed by atoms with E-state index >= 15 is 0 Å². The third-order valence-corrected chi connectivity index (χ3v) is 6.17. The van der Waals surface area contributed by atoms with Crippen molar-refractivity contribution in [1.29, 1.82) is 0 Å². The summed E-state index contributed by atoms with van der Waals surface area (Å²) < 4.78 is 13.8. The van der Waals surface area contributed by atoms with E-state index in [0.29, 0.717) is 9.37 Å². The van der Waals surface area contributed by atoms with Gasteiger partial charge < -0.3 is 15.4 Å². The van der Waals surface area contributed by atoms with Gasteiger partial charge >= 0.3 is 5.97 Å². The molecule has 180 valence electrons. The summed E-state index contributed by atoms with van der Waals surface area (Å²) >= 11 is 2.26. The van der Waals surface area contributed by atoms with Crippen molar-refractivity contribution in [2.24, 2.45) is 5.92 Å². The quantitative estimate of drug-likeness (QED) is 0.264. The predicted octanol–water partition coefficient (Wildman–Crippen LogP) is 3.73. The third kappa shape index (κ3) is 7.37. The minimum atomic E-state index is -1.07. The minimum absolute atomic E-state index is 0.109. The van der Waals surface area contributed by atoms with Crippen LogP contribution in [0.25, 0.3) is 0 Å². The molecule has 0 saturated carbocycles. The molecule has 0 radical (unpaired) electrons. The van der Waals surface area contributed by atoms with Gasteiger partial charge in [-0.2, -0.15) is 5.06 Å². The van der Waals surface area contributed by atoms with Crippen LogP contribution in [0.5, 0.6) is 0 Å². The highest BCUT2D eigenvalue weighted by Crippen LogP contribution is 2.36. The van der Waals surface area contributed by atoms with E-state index in [4.69, 9.17) is 9.94 Å². The molecule has 2 heterocycles. The number of aliphatic carboxylic acids is 1. The fraction of sp³-hybridized carbons (Fsp3) is 0.286. The molecule has 2 aromatic heterocycles. The molecule has 10 nitrogen and oxygen atoms in total. The second-order valence-electron chi connectivity index (χ2n) is 7.40. The maximum Gasteiger partial charge on any atom is 0.309 e. The van der Waals surface area contributed by atoms with Gasteiger partial charge in [-0.25, -0.2) is 14.4 Å². The molecule has 3 aromatic rings. The Bertz CT molecular complexity index is 1140. The molecule has 3 rings (SSSR count). The summed E-state index contributed by atoms with van der Waals surface area (Å²) in [7, 11) is 0. The molecule has 3 N–H and O–H groups in total. The van der Waals surface area contributed by atoms with E-state index in [1.54, 1.807) is 12.4 Å². The molecule has 0 unspecified atom stereocenters. The van der Waals surface area contributed by atoms with E-state index in [1.807, 2.05) is 13.8 Å². The highest BCUT2D eigenvalue weighted by molar-refractivity contribution is 8.01. The predicted molar refractivity (Wildman–Crippen MR) is 124 cm³/mol. The van der Waals surface area contributed by atoms with Gasteiger partial charge in [0.1, 0.15) is 12.2 Å². The first-order valence-corrected chi connectivity index (χ1v) is 11.7. The van der Waals surface area contributed by atoms with Crippen LogP contribution in [0.1, 0.15) is 26.0 Å². The lowest BCUT2D eigenvalue weighted by Crippen LogP contribution is -2.35. The zero-order valence-corrected chi connectivity index (χ0v) is 19.9. The lowest BCUT2D eigenvalue weighted by Gasteiger charge is -2.22. The fourth-order valence-electron chi connectivity index (χ4n) is 2.58. The number of benzene rings is 1. The van der Waals surface area contributed by atoms with Gasteiger partial charge in [-0.3, -0.25) is 19.2 Å². The highest BCUT2D eigenvalue weighted by atomic mass is 32.2. The van der Waals surface area contributed by atoms with Crippen molar-refractivity contribution in [3.63, 3.8) is 0 Å². The van der Waals surface area contributed by atoms with Gasteiger partial charge in [0.15, 0.2) is 10.3 Å². The van der Waals surface area contributed by atoms with E-state index in [9.17, 15) is 18.8 Å². The van der Waals surface area contributed by atoms with Crippen LogP contribution in [0.3, 0.4) is 0 Å². The third-order valence-electron chi connectivity index (χ3n) is 4.03. The van der Waals surface area contributed by atoms with E-state index < -0.39 is 30.0 Å². The number of anilines is 2. The number of aromatic nitrogens is 3. The van der Waals surface area contributed by atoms with E-state index in [2.05, 4.69) is 20.3 Å². The molecule has 0 spiro atoms. The monoisotopic (exact) mass is 507 g/mol. The number of nitrogens with one attached hydrogen (secondary N) is 2. The van der Waals surface area contributed by atoms with E-state index in [1.165, 1.54) is 36.0 Å². The molecule has 0 saturated heterocycles. The number of rotatable bonds is 11. The van der Waals surface area contributed by atoms with Crippen LogP contribution in [-0.2, 0) is 25.6 Å². The molecule has 0 aliphatic rings. The Balaban J connectivity index is 1.71. The SMILES string of the molecule is CC(C)CON(C(=O)CC(=O)Nc1nc(CC(=O)O)c(Sc2ncc[nH]2)s1)c1ccc(F)cc1. The van der Waals surface area contributed by atoms with Crippen molar-refractivity contribution >= 4 is 51.7 Å². The van der Waals surface area contributed by atoms with Gasteiger partial charge in [0, 0.05) is 12.4 Å². The second-order valence-corrected chi connectivity index (χ2v) is 9.66. The van der Waals surface area contributed by atoms with Crippen LogP contribution in [0, 0.1) is 11.7 Å². The maximum atomic E-state index is 13.3. The summed E-state index contributed by atoms with van der Waals surface area (Å²) in [5.41, 5.74) is 0.559. The van der Waals surface area contributed by atoms with Crippen LogP contribution in [0.2, 0.25) is 0 Å². The zero-order valence-electron chi connectivity index (χ0n) is 18.3. The number of imidazole rings is 1. The number of carboxylic acid groups (broad SMARTS) is 1. The van der Waals surface area contributed by atoms with Crippen LogP contribution >= 0.6 is 23.1 Å². The molecule has 0 fully saturated rings. The summed E-state index contributed by atoms with van der Waals surface area (Å²) in [6.45, 7) is 4.01. The van der Waals surface area contributed by atoms with E-state index in [-0.39, 0.29) is 35.5 Å². The van der Waals surface area contributed by atoms with Gasteiger partial charge in [0.2, 0.25) is 5.91 Å². The number of carbonyl (C=O) groups is 3. The Kier molecular flexibility index (Phi) is 8.73. The normalized spacial score (nSPS) is 10.9. The van der Waals surface area contributed by atoms with Crippen LogP contribution < -0.4 is 10.4 Å². The Morgan fingerprint density at radius 2 is 2.03 bits per heavy atom. The number of hydroxylamine groups is 1. The van der Waals surface area contributed by atoms with Gasteiger partial charge in [0.25, 0.3) is 5.91 Å². The summed E-state index contributed by atoms with van der Waals surface area (Å²) in [5, 5.41) is 13.4. The fourth-order valence-corrected chi connectivity index (χ4v) is 4.61. The number of nitrogens with zero attached hydrogens (tertiary/aromatic N) is 3. The first-order chi connectivity index (χ1) is 16.2. The standard InChI is InChI=1S/C21H22FN5O5S2/c1-12(2)11-32-27(14-5-3-13(22)4-6-14)17(29)10-16(28)26-21-25-15(9-18(30)31)19(34-21)33-20-23-7-8-24-20/h3-8,12H,9-11H2,1-2H3,(H,23,24)(H,30,31)(H,25,26,28). The smallest absolute Gasteiger partial charge is 0.309 e. The summed E-state index contributed by atoms with van der Waals surface area (Å²) in [6.07, 6.45) is 2.28. The summed E-state index contributed by atoms with van der Waals surface area (Å²) in [6, 6.07) is 5.13. The molecular formula is C21H22FN5O5S2. The minimum Gasteiger partial charge on any atom is -0.481 e. The lowest BCUT2D eigenvalue weighted by molar-refractivity contribution is -0.136. The van der Waals surface area contributed by atoms with Crippen molar-refractivity contribution < 1.29 is 28.7 Å². The Morgan fingerprint density at radius 3 is 2.65 bits per heavy atom. The van der Waals surface area contributed by atoms with Gasteiger partial charge in [0.05, 0.1) is 28.6 Å². The average molecular weight is 508 g/mol. The van der Waals surface area contributed by atoms with Crippen LogP contribution in [0.4, 0.5) is 15.2 Å². The van der Waals surface area contributed by atoms with Crippen molar-refractivity contribution in [1.82, 2.24) is 15.0 Å². The summed E-state index contributed by atoms with van der Waals surface area (Å²) in [4.78, 5) is 53.3. The molecule has 1 aromatic carbocycles. The molecule has 34 heavy (non-hydrogen) atoms. The Labute approximate surface area is 202 Å². The first kappa shape index (κ1) is 25.3. The average Bonchev–Trinajstić information content (AvgIpc) is 3.39. The molecule has 2 amide bonds.